The number of Topliss-reactive ketones (excluding diaryl/α,β-unsaturated/α-hetero) is 1. The first-order chi connectivity index (χ1) is 17.8. The summed E-state index contributed by atoms with van der Waals surface area (Å²) in [6.45, 7) is 5.45. The first-order valence-electron chi connectivity index (χ1n) is 13.3. The Morgan fingerprint density at radius 3 is 2.70 bits per heavy atom. The van der Waals surface area contributed by atoms with Gasteiger partial charge in [-0.2, -0.15) is 0 Å². The van der Waals surface area contributed by atoms with Crippen molar-refractivity contribution in [2.75, 3.05) is 25.0 Å². The Balaban J connectivity index is 1.37. The summed E-state index contributed by atoms with van der Waals surface area (Å²) in [6.07, 6.45) is 7.63. The van der Waals surface area contributed by atoms with E-state index in [1.807, 2.05) is 6.92 Å². The molecule has 2 unspecified atom stereocenters. The number of anilines is 1. The van der Waals surface area contributed by atoms with E-state index in [0.717, 1.165) is 32.0 Å². The number of nitrogens with one attached hydrogen (secondary N) is 2. The smallest absolute Gasteiger partial charge is 0.242 e. The van der Waals surface area contributed by atoms with Crippen molar-refractivity contribution in [3.05, 3.63) is 47.4 Å². The third-order valence-corrected chi connectivity index (χ3v) is 7.57. The molecule has 2 aromatic rings. The molecule has 0 spiro atoms. The van der Waals surface area contributed by atoms with Crippen molar-refractivity contribution in [3.8, 4) is 0 Å². The predicted octanol–water partition coefficient (Wildman–Crippen LogP) is 3.00. The third kappa shape index (κ3) is 6.42. The molecule has 1 aliphatic carbocycles. The van der Waals surface area contributed by atoms with Gasteiger partial charge in [-0.3, -0.25) is 14.5 Å². The van der Waals surface area contributed by atoms with Crippen LogP contribution in [0.3, 0.4) is 0 Å². The van der Waals surface area contributed by atoms with Crippen molar-refractivity contribution in [1.29, 1.82) is 0 Å². The molecule has 1 fully saturated rings. The van der Waals surface area contributed by atoms with Gasteiger partial charge in [0.05, 0.1) is 24.5 Å². The van der Waals surface area contributed by atoms with Crippen LogP contribution in [-0.4, -0.2) is 69.1 Å². The number of hydrogen-bond donors (Lipinski definition) is 3. The summed E-state index contributed by atoms with van der Waals surface area (Å²) in [5.41, 5.74) is 1.20. The van der Waals surface area contributed by atoms with Crippen LogP contribution in [0, 0.1) is 11.6 Å². The predicted molar refractivity (Wildman–Crippen MR) is 136 cm³/mol. The van der Waals surface area contributed by atoms with Crippen molar-refractivity contribution < 1.29 is 23.5 Å². The number of fused-ring (bicyclic) bond motifs is 1. The fraction of sp³-hybridized carbons (Fsp3) is 0.593. The number of carbonyl (C=O) groups excluding carboxylic acids is 2. The molecule has 1 amide bonds. The minimum absolute atomic E-state index is 0.0132. The molecule has 37 heavy (non-hydrogen) atoms. The molecule has 2 aliphatic rings. The van der Waals surface area contributed by atoms with Crippen LogP contribution in [0.2, 0.25) is 0 Å². The standard InChI is InChI=1S/C27H37F2N5O3/c1-3-5-23(31-20-7-6-18-12-19(28)13-22(29)21(18)14-20)27(37)32-25-15-34(16-30-25)17(2)26(36)24(8-11-35)33-9-4-10-33/h12-13,15-17,20,23-24,31,35H,3-11,14H2,1-2H3,(H,32,37)/t17?,20-,23-,24?/m0/s1. The molecule has 4 atom stereocenters. The van der Waals surface area contributed by atoms with E-state index in [2.05, 4.69) is 20.5 Å². The molecule has 202 valence electrons. The number of nitrogens with zero attached hydrogens (tertiary/aromatic N) is 3. The second-order valence-corrected chi connectivity index (χ2v) is 10.2. The number of aliphatic hydroxyl groups excluding tert-OH is 1. The van der Waals surface area contributed by atoms with Crippen LogP contribution in [0.15, 0.2) is 24.7 Å². The Morgan fingerprint density at radius 2 is 2.03 bits per heavy atom. The largest absolute Gasteiger partial charge is 0.396 e. The molecule has 1 saturated heterocycles. The van der Waals surface area contributed by atoms with E-state index in [9.17, 15) is 23.5 Å². The molecule has 0 radical (unpaired) electrons. The SMILES string of the molecule is CCC[C@H](N[C@H]1CCc2cc(F)cc(F)c2C1)C(=O)Nc1cn(C(C)C(=O)C(CCO)N2CCC2)cn1. The van der Waals surface area contributed by atoms with Crippen LogP contribution in [-0.2, 0) is 22.4 Å². The van der Waals surface area contributed by atoms with Crippen molar-refractivity contribution in [1.82, 2.24) is 19.8 Å². The van der Waals surface area contributed by atoms with Crippen molar-refractivity contribution in [2.24, 2.45) is 0 Å². The number of aliphatic hydroxyl groups is 1. The van der Waals surface area contributed by atoms with Gasteiger partial charge in [-0.1, -0.05) is 13.3 Å². The van der Waals surface area contributed by atoms with E-state index in [4.69, 9.17) is 0 Å². The molecule has 2 heterocycles. The summed E-state index contributed by atoms with van der Waals surface area (Å²) in [6, 6.07) is 0.896. The highest BCUT2D eigenvalue weighted by Gasteiger charge is 2.33. The highest BCUT2D eigenvalue weighted by molar-refractivity contribution is 5.94. The fourth-order valence-corrected chi connectivity index (χ4v) is 5.32. The topological polar surface area (TPSA) is 99.5 Å². The van der Waals surface area contributed by atoms with Gasteiger partial charge in [0.15, 0.2) is 11.6 Å². The first kappa shape index (κ1) is 27.3. The van der Waals surface area contributed by atoms with Gasteiger partial charge in [0, 0.05) is 38.0 Å². The summed E-state index contributed by atoms with van der Waals surface area (Å²) < 4.78 is 29.6. The van der Waals surface area contributed by atoms with Crippen LogP contribution in [0.5, 0.6) is 0 Å². The zero-order valence-corrected chi connectivity index (χ0v) is 21.6. The maximum atomic E-state index is 14.3. The average molecular weight is 518 g/mol. The summed E-state index contributed by atoms with van der Waals surface area (Å²) in [4.78, 5) is 32.6. The Labute approximate surface area is 216 Å². The number of benzene rings is 1. The molecule has 10 heteroatoms. The number of halogens is 2. The van der Waals surface area contributed by atoms with Gasteiger partial charge < -0.3 is 20.3 Å². The van der Waals surface area contributed by atoms with Crippen LogP contribution in [0.25, 0.3) is 0 Å². The number of likely N-dealkylation sites (tertiary alicyclic amines) is 1. The van der Waals surface area contributed by atoms with Crippen LogP contribution < -0.4 is 10.6 Å². The third-order valence-electron chi connectivity index (χ3n) is 7.57. The van der Waals surface area contributed by atoms with E-state index in [0.29, 0.717) is 49.0 Å². The lowest BCUT2D eigenvalue weighted by molar-refractivity contribution is -0.129. The number of hydrogen-bond acceptors (Lipinski definition) is 6. The zero-order valence-electron chi connectivity index (χ0n) is 21.6. The summed E-state index contributed by atoms with van der Waals surface area (Å²) in [7, 11) is 0. The molecule has 8 nitrogen and oxygen atoms in total. The van der Waals surface area contributed by atoms with Gasteiger partial charge in [-0.25, -0.2) is 13.8 Å². The van der Waals surface area contributed by atoms with Crippen molar-refractivity contribution in [2.45, 2.75) is 83.0 Å². The number of aromatic nitrogens is 2. The Bertz CT molecular complexity index is 1100. The molecule has 1 aromatic heterocycles. The van der Waals surface area contributed by atoms with Gasteiger partial charge in [-0.15, -0.1) is 0 Å². The molecule has 1 aliphatic heterocycles. The molecule has 0 saturated carbocycles. The van der Waals surface area contributed by atoms with Crippen LogP contribution in [0.1, 0.15) is 63.1 Å². The van der Waals surface area contributed by atoms with Gasteiger partial charge >= 0.3 is 0 Å². The van der Waals surface area contributed by atoms with Gasteiger partial charge in [0.1, 0.15) is 11.6 Å². The second-order valence-electron chi connectivity index (χ2n) is 10.2. The number of amides is 1. The monoisotopic (exact) mass is 517 g/mol. The molecule has 4 rings (SSSR count). The van der Waals surface area contributed by atoms with Crippen molar-refractivity contribution >= 4 is 17.5 Å². The lowest BCUT2D eigenvalue weighted by atomic mass is 9.87. The number of carbonyl (C=O) groups is 2. The lowest BCUT2D eigenvalue weighted by Crippen LogP contribution is -2.51. The van der Waals surface area contributed by atoms with E-state index in [1.165, 1.54) is 12.4 Å². The Hall–Kier alpha value is -2.69. The lowest BCUT2D eigenvalue weighted by Gasteiger charge is -2.38. The van der Waals surface area contributed by atoms with E-state index in [1.54, 1.807) is 17.7 Å². The average Bonchev–Trinajstić information content (AvgIpc) is 3.30. The van der Waals surface area contributed by atoms with Crippen LogP contribution >= 0.6 is 0 Å². The number of rotatable bonds is 12. The summed E-state index contributed by atoms with van der Waals surface area (Å²) >= 11 is 0. The van der Waals surface area contributed by atoms with E-state index in [-0.39, 0.29) is 30.4 Å². The molecule has 0 bridgehead atoms. The van der Waals surface area contributed by atoms with Gasteiger partial charge in [-0.05, 0) is 62.6 Å². The number of ketones is 1. The summed E-state index contributed by atoms with van der Waals surface area (Å²) in [5, 5.41) is 15.6. The minimum atomic E-state index is -0.564. The van der Waals surface area contributed by atoms with Crippen molar-refractivity contribution in [3.63, 3.8) is 0 Å². The fourth-order valence-electron chi connectivity index (χ4n) is 5.32. The minimum Gasteiger partial charge on any atom is -0.396 e. The Morgan fingerprint density at radius 1 is 1.24 bits per heavy atom. The normalized spacial score (nSPS) is 20.0. The summed E-state index contributed by atoms with van der Waals surface area (Å²) in [5.74, 6) is -0.978. The number of aryl methyl sites for hydroxylation is 1. The van der Waals surface area contributed by atoms with Crippen LogP contribution in [0.4, 0.5) is 14.6 Å². The molecule has 3 N–H and O–H groups in total. The van der Waals surface area contributed by atoms with E-state index < -0.39 is 23.7 Å². The molecular formula is C27H37F2N5O3. The zero-order chi connectivity index (χ0) is 26.5. The highest BCUT2D eigenvalue weighted by Crippen LogP contribution is 2.26. The molecular weight excluding hydrogens is 480 g/mol. The van der Waals surface area contributed by atoms with E-state index >= 15 is 0 Å². The quantitative estimate of drug-likeness (QED) is 0.400. The second kappa shape index (κ2) is 12.2. The molecule has 1 aromatic carbocycles. The maximum absolute atomic E-state index is 14.3. The maximum Gasteiger partial charge on any atom is 0.242 e. The Kier molecular flexibility index (Phi) is 9.04. The highest BCUT2D eigenvalue weighted by atomic mass is 19.1. The first-order valence-corrected chi connectivity index (χ1v) is 13.3. The van der Waals surface area contributed by atoms with Gasteiger partial charge in [0.2, 0.25) is 5.91 Å². The number of imidazole rings is 1. The van der Waals surface area contributed by atoms with Gasteiger partial charge in [0.25, 0.3) is 0 Å².